The van der Waals surface area contributed by atoms with Crippen molar-refractivity contribution in [2.45, 2.75) is 45.1 Å². The molecule has 0 spiro atoms. The first-order valence-electron chi connectivity index (χ1n) is 9.16. The van der Waals surface area contributed by atoms with E-state index in [-0.39, 0.29) is 48.6 Å². The van der Waals surface area contributed by atoms with Crippen LogP contribution in [-0.2, 0) is 14.4 Å². The number of amides is 3. The van der Waals surface area contributed by atoms with Crippen LogP contribution in [0.1, 0.15) is 50.6 Å². The van der Waals surface area contributed by atoms with Crippen molar-refractivity contribution >= 4 is 17.7 Å². The first-order valence-corrected chi connectivity index (χ1v) is 9.16. The van der Waals surface area contributed by atoms with Crippen molar-refractivity contribution in [3.8, 4) is 0 Å². The number of nitrogens with zero attached hydrogens (tertiary/aromatic N) is 2. The summed E-state index contributed by atoms with van der Waals surface area (Å²) < 4.78 is 0. The Balaban J connectivity index is 1.58. The van der Waals surface area contributed by atoms with Crippen LogP contribution in [-0.4, -0.2) is 41.1 Å². The molecule has 134 valence electrons. The summed E-state index contributed by atoms with van der Waals surface area (Å²) in [7, 11) is 1.77. The summed E-state index contributed by atoms with van der Waals surface area (Å²) in [6.45, 7) is 2.18. The van der Waals surface area contributed by atoms with Crippen molar-refractivity contribution in [1.82, 2.24) is 9.80 Å². The fourth-order valence-corrected chi connectivity index (χ4v) is 4.01. The molecule has 0 bridgehead atoms. The predicted octanol–water partition coefficient (Wildman–Crippen LogP) is 2.77. The fourth-order valence-electron chi connectivity index (χ4n) is 4.01. The van der Waals surface area contributed by atoms with Crippen LogP contribution in [0.4, 0.5) is 0 Å². The second-order valence-electron chi connectivity index (χ2n) is 7.17. The Hall–Kier alpha value is -2.17. The Morgan fingerprint density at radius 3 is 2.24 bits per heavy atom. The molecule has 1 aromatic rings. The van der Waals surface area contributed by atoms with Crippen LogP contribution in [0.5, 0.6) is 0 Å². The van der Waals surface area contributed by atoms with E-state index in [2.05, 4.69) is 0 Å². The molecule has 25 heavy (non-hydrogen) atoms. The molecule has 3 atom stereocenters. The van der Waals surface area contributed by atoms with Gasteiger partial charge in [-0.25, -0.2) is 0 Å². The zero-order valence-corrected chi connectivity index (χ0v) is 15.0. The average molecular weight is 342 g/mol. The molecule has 3 rings (SSSR count). The lowest BCUT2D eigenvalue weighted by Gasteiger charge is -2.26. The number of carbonyl (C=O) groups excluding carboxylic acids is 3. The molecule has 1 aliphatic carbocycles. The summed E-state index contributed by atoms with van der Waals surface area (Å²) in [4.78, 5) is 40.5. The third-order valence-corrected chi connectivity index (χ3v) is 5.74. The summed E-state index contributed by atoms with van der Waals surface area (Å²) >= 11 is 0. The first kappa shape index (κ1) is 17.6. The van der Waals surface area contributed by atoms with E-state index in [0.29, 0.717) is 0 Å². The van der Waals surface area contributed by atoms with E-state index in [9.17, 15) is 14.4 Å². The average Bonchev–Trinajstić information content (AvgIpc) is 2.90. The van der Waals surface area contributed by atoms with Gasteiger partial charge in [0, 0.05) is 20.0 Å². The molecule has 1 heterocycles. The van der Waals surface area contributed by atoms with Gasteiger partial charge in [-0.2, -0.15) is 0 Å². The monoisotopic (exact) mass is 342 g/mol. The fraction of sp³-hybridized carbons (Fsp3) is 0.550. The summed E-state index contributed by atoms with van der Waals surface area (Å²) in [5.41, 5.74) is 1.07. The maximum absolute atomic E-state index is 12.5. The Morgan fingerprint density at radius 2 is 1.68 bits per heavy atom. The highest BCUT2D eigenvalue weighted by Gasteiger charge is 2.47. The van der Waals surface area contributed by atoms with Gasteiger partial charge in [-0.3, -0.25) is 19.3 Å². The lowest BCUT2D eigenvalue weighted by Crippen LogP contribution is -2.36. The number of carbonyl (C=O) groups is 3. The van der Waals surface area contributed by atoms with Crippen molar-refractivity contribution in [2.75, 3.05) is 13.6 Å². The molecule has 0 aromatic heterocycles. The molecule has 5 heteroatoms. The molecule has 0 radical (unpaired) electrons. The van der Waals surface area contributed by atoms with Gasteiger partial charge in [0.05, 0.1) is 17.9 Å². The van der Waals surface area contributed by atoms with Gasteiger partial charge >= 0.3 is 0 Å². The van der Waals surface area contributed by atoms with E-state index in [1.807, 2.05) is 37.3 Å². The van der Waals surface area contributed by atoms with Gasteiger partial charge in [0.2, 0.25) is 17.7 Å². The van der Waals surface area contributed by atoms with E-state index in [0.717, 1.165) is 31.2 Å². The number of likely N-dealkylation sites (tertiary alicyclic amines) is 1. The maximum atomic E-state index is 12.5. The van der Waals surface area contributed by atoms with Crippen molar-refractivity contribution in [2.24, 2.45) is 11.8 Å². The van der Waals surface area contributed by atoms with Gasteiger partial charge in [0.25, 0.3) is 0 Å². The molecule has 0 unspecified atom stereocenters. The summed E-state index contributed by atoms with van der Waals surface area (Å²) in [5, 5.41) is 0. The zero-order valence-electron chi connectivity index (χ0n) is 15.0. The molecule has 1 saturated heterocycles. The molecule has 1 aromatic carbocycles. The van der Waals surface area contributed by atoms with Crippen molar-refractivity contribution < 1.29 is 14.4 Å². The molecule has 1 aliphatic heterocycles. The van der Waals surface area contributed by atoms with Crippen LogP contribution in [0.3, 0.4) is 0 Å². The lowest BCUT2D eigenvalue weighted by atomic mass is 9.81. The first-order chi connectivity index (χ1) is 12.0. The quantitative estimate of drug-likeness (QED) is 0.773. The molecule has 2 aliphatic rings. The highest BCUT2D eigenvalue weighted by atomic mass is 16.2. The number of rotatable bonds is 5. The summed E-state index contributed by atoms with van der Waals surface area (Å²) in [6, 6.07) is 9.80. The highest BCUT2D eigenvalue weighted by Crippen LogP contribution is 2.38. The topological polar surface area (TPSA) is 57.7 Å². The van der Waals surface area contributed by atoms with E-state index in [1.165, 1.54) is 4.90 Å². The van der Waals surface area contributed by atoms with Crippen LogP contribution < -0.4 is 0 Å². The second-order valence-corrected chi connectivity index (χ2v) is 7.17. The molecule has 3 amide bonds. The number of fused-ring (bicyclic) bond motifs is 1. The SMILES string of the molecule is C[C@@H](c1ccccc1)N(C)C(=O)CCN1C(=O)[C@H]2CCCC[C@@H]2C1=O. The lowest BCUT2D eigenvalue weighted by molar-refractivity contribution is -0.141. The van der Waals surface area contributed by atoms with Crippen LogP contribution in [0.15, 0.2) is 30.3 Å². The minimum atomic E-state index is -0.141. The largest absolute Gasteiger partial charge is 0.339 e. The Morgan fingerprint density at radius 1 is 1.12 bits per heavy atom. The Labute approximate surface area is 149 Å². The predicted molar refractivity (Wildman–Crippen MR) is 94.4 cm³/mol. The zero-order chi connectivity index (χ0) is 18.0. The summed E-state index contributed by atoms with van der Waals surface area (Å²) in [5.74, 6) is -0.469. The molecule has 0 N–H and O–H groups in total. The molecule has 5 nitrogen and oxygen atoms in total. The maximum Gasteiger partial charge on any atom is 0.233 e. The molecular weight excluding hydrogens is 316 g/mol. The normalized spacial score (nSPS) is 24.2. The summed E-state index contributed by atoms with van der Waals surface area (Å²) in [6.07, 6.45) is 3.84. The van der Waals surface area contributed by atoms with E-state index in [1.54, 1.807) is 11.9 Å². The van der Waals surface area contributed by atoms with Crippen LogP contribution in [0, 0.1) is 11.8 Å². The Bertz CT molecular complexity index is 634. The van der Waals surface area contributed by atoms with Crippen molar-refractivity contribution in [3.63, 3.8) is 0 Å². The van der Waals surface area contributed by atoms with Gasteiger partial charge in [-0.05, 0) is 25.3 Å². The smallest absolute Gasteiger partial charge is 0.233 e. The van der Waals surface area contributed by atoms with E-state index in [4.69, 9.17) is 0 Å². The van der Waals surface area contributed by atoms with Crippen LogP contribution in [0.25, 0.3) is 0 Å². The van der Waals surface area contributed by atoms with E-state index >= 15 is 0 Å². The molecular formula is C20H26N2O3. The number of hydrogen-bond donors (Lipinski definition) is 0. The molecule has 1 saturated carbocycles. The third kappa shape index (κ3) is 3.46. The number of benzene rings is 1. The highest BCUT2D eigenvalue weighted by molar-refractivity contribution is 6.05. The van der Waals surface area contributed by atoms with Gasteiger partial charge in [-0.15, -0.1) is 0 Å². The second kappa shape index (κ2) is 7.38. The van der Waals surface area contributed by atoms with Crippen molar-refractivity contribution in [3.05, 3.63) is 35.9 Å². The van der Waals surface area contributed by atoms with Gasteiger partial charge in [0.1, 0.15) is 0 Å². The van der Waals surface area contributed by atoms with Gasteiger partial charge in [0.15, 0.2) is 0 Å². The Kier molecular flexibility index (Phi) is 5.21. The van der Waals surface area contributed by atoms with Gasteiger partial charge in [-0.1, -0.05) is 43.2 Å². The van der Waals surface area contributed by atoms with Crippen LogP contribution in [0.2, 0.25) is 0 Å². The standard InChI is InChI=1S/C20H26N2O3/c1-14(15-8-4-3-5-9-15)21(2)18(23)12-13-22-19(24)16-10-6-7-11-17(16)20(22)25/h3-5,8-9,14,16-17H,6-7,10-13H2,1-2H3/t14-,16-,17-/m0/s1. The minimum absolute atomic E-state index is 0.0405. The van der Waals surface area contributed by atoms with Crippen molar-refractivity contribution in [1.29, 1.82) is 0 Å². The van der Waals surface area contributed by atoms with Gasteiger partial charge < -0.3 is 4.90 Å². The number of imide groups is 1. The third-order valence-electron chi connectivity index (χ3n) is 5.74. The minimum Gasteiger partial charge on any atom is -0.339 e. The number of hydrogen-bond acceptors (Lipinski definition) is 3. The van der Waals surface area contributed by atoms with Crippen LogP contribution >= 0.6 is 0 Å². The molecule has 2 fully saturated rings. The van der Waals surface area contributed by atoms with E-state index < -0.39 is 0 Å².